The van der Waals surface area contributed by atoms with Gasteiger partial charge in [0.15, 0.2) is 6.10 Å². The van der Waals surface area contributed by atoms with Gasteiger partial charge in [-0.3, -0.25) is 14.9 Å². The van der Waals surface area contributed by atoms with Crippen LogP contribution in [0.15, 0.2) is 48.5 Å². The number of aryl methyl sites for hydroxylation is 2. The highest BCUT2D eigenvalue weighted by molar-refractivity contribution is 6.34. The summed E-state index contributed by atoms with van der Waals surface area (Å²) >= 11 is 5.97. The van der Waals surface area contributed by atoms with Crippen molar-refractivity contribution in [1.29, 1.82) is 0 Å². The Bertz CT molecular complexity index is 1160. The molecule has 0 spiro atoms. The quantitative estimate of drug-likeness (QED) is 0.347. The van der Waals surface area contributed by atoms with E-state index in [9.17, 15) is 19.7 Å². The first-order valence-electron chi connectivity index (χ1n) is 9.25. The van der Waals surface area contributed by atoms with Crippen LogP contribution in [0.25, 0.3) is 5.69 Å². The number of anilines is 1. The smallest absolute Gasteiger partial charge is 0.338 e. The summed E-state index contributed by atoms with van der Waals surface area (Å²) in [6.45, 7) is 5.24. The lowest BCUT2D eigenvalue weighted by molar-refractivity contribution is -0.384. The van der Waals surface area contributed by atoms with Crippen LogP contribution in [0.5, 0.6) is 0 Å². The average Bonchev–Trinajstić information content (AvgIpc) is 3.07. The Balaban J connectivity index is 1.64. The second-order valence-corrected chi connectivity index (χ2v) is 7.25. The van der Waals surface area contributed by atoms with Gasteiger partial charge in [0, 0.05) is 17.8 Å². The fraction of sp³-hybridized carbons (Fsp3) is 0.190. The number of non-ortho nitro benzene ring substituents is 1. The molecule has 31 heavy (non-hydrogen) atoms. The van der Waals surface area contributed by atoms with E-state index in [0.29, 0.717) is 0 Å². The first-order valence-corrected chi connectivity index (χ1v) is 9.63. The Kier molecular flexibility index (Phi) is 6.36. The molecule has 1 aromatic heterocycles. The van der Waals surface area contributed by atoms with Crippen LogP contribution in [0.1, 0.15) is 28.7 Å². The third-order valence-electron chi connectivity index (χ3n) is 4.43. The lowest BCUT2D eigenvalue weighted by Gasteiger charge is -2.14. The van der Waals surface area contributed by atoms with Crippen molar-refractivity contribution in [3.63, 3.8) is 0 Å². The SMILES string of the molecule is Cc1cc(C)n(-c2ccc(C(=O)OC(C)C(=O)Nc3ccc([N+](=O)[O-])cc3Cl)cc2)n1. The summed E-state index contributed by atoms with van der Waals surface area (Å²) in [6.07, 6.45) is -1.12. The zero-order valence-corrected chi connectivity index (χ0v) is 17.7. The molecule has 1 atom stereocenters. The number of esters is 1. The van der Waals surface area contributed by atoms with Gasteiger partial charge in [0.1, 0.15) is 0 Å². The molecule has 3 rings (SSSR count). The third-order valence-corrected chi connectivity index (χ3v) is 4.74. The minimum Gasteiger partial charge on any atom is -0.449 e. The van der Waals surface area contributed by atoms with Gasteiger partial charge in [-0.25, -0.2) is 9.48 Å². The van der Waals surface area contributed by atoms with Crippen LogP contribution in [0.3, 0.4) is 0 Å². The third kappa shape index (κ3) is 5.07. The minimum atomic E-state index is -1.12. The number of aromatic nitrogens is 2. The van der Waals surface area contributed by atoms with E-state index >= 15 is 0 Å². The summed E-state index contributed by atoms with van der Waals surface area (Å²) in [4.78, 5) is 34.9. The number of nitro benzene ring substituents is 1. The van der Waals surface area contributed by atoms with Crippen molar-refractivity contribution in [2.45, 2.75) is 26.9 Å². The molecule has 0 bridgehead atoms. The molecule has 0 fully saturated rings. The summed E-state index contributed by atoms with van der Waals surface area (Å²) in [7, 11) is 0. The van der Waals surface area contributed by atoms with Gasteiger partial charge in [-0.05, 0) is 57.2 Å². The maximum atomic E-state index is 12.4. The molecule has 1 N–H and O–H groups in total. The predicted molar refractivity (Wildman–Crippen MR) is 115 cm³/mol. The van der Waals surface area contributed by atoms with E-state index in [4.69, 9.17) is 16.3 Å². The number of carbonyl (C=O) groups excluding carboxylic acids is 2. The largest absolute Gasteiger partial charge is 0.449 e. The fourth-order valence-electron chi connectivity index (χ4n) is 2.86. The molecular weight excluding hydrogens is 424 g/mol. The summed E-state index contributed by atoms with van der Waals surface area (Å²) < 4.78 is 6.98. The van der Waals surface area contributed by atoms with Crippen molar-refractivity contribution >= 4 is 34.9 Å². The van der Waals surface area contributed by atoms with Crippen molar-refractivity contribution in [2.24, 2.45) is 0 Å². The first kappa shape index (κ1) is 22.0. The lowest BCUT2D eigenvalue weighted by atomic mass is 10.2. The van der Waals surface area contributed by atoms with Crippen LogP contribution in [0.2, 0.25) is 5.02 Å². The number of ether oxygens (including phenoxy) is 1. The number of benzene rings is 2. The molecular formula is C21H19ClN4O5. The normalized spacial score (nSPS) is 11.6. The van der Waals surface area contributed by atoms with Crippen molar-refractivity contribution in [2.75, 3.05) is 5.32 Å². The topological polar surface area (TPSA) is 116 Å². The Labute approximate surface area is 182 Å². The zero-order valence-electron chi connectivity index (χ0n) is 17.0. The molecule has 0 aliphatic carbocycles. The van der Waals surface area contributed by atoms with Crippen molar-refractivity contribution < 1.29 is 19.2 Å². The number of carbonyl (C=O) groups is 2. The molecule has 1 amide bonds. The first-order chi connectivity index (χ1) is 14.7. The van der Waals surface area contributed by atoms with E-state index in [1.54, 1.807) is 28.9 Å². The van der Waals surface area contributed by atoms with Gasteiger partial charge in [0.25, 0.3) is 11.6 Å². The number of rotatable bonds is 6. The van der Waals surface area contributed by atoms with Gasteiger partial charge in [-0.15, -0.1) is 0 Å². The molecule has 160 valence electrons. The number of amides is 1. The second kappa shape index (κ2) is 8.97. The fourth-order valence-corrected chi connectivity index (χ4v) is 3.09. The molecule has 0 saturated carbocycles. The number of hydrogen-bond donors (Lipinski definition) is 1. The van der Waals surface area contributed by atoms with E-state index in [1.165, 1.54) is 19.1 Å². The van der Waals surface area contributed by atoms with E-state index in [-0.39, 0.29) is 22.0 Å². The van der Waals surface area contributed by atoms with E-state index in [0.717, 1.165) is 23.1 Å². The molecule has 1 unspecified atom stereocenters. The van der Waals surface area contributed by atoms with Crippen LogP contribution in [-0.4, -0.2) is 32.7 Å². The zero-order chi connectivity index (χ0) is 22.7. The summed E-state index contributed by atoms with van der Waals surface area (Å²) in [6, 6.07) is 12.2. The average molecular weight is 443 g/mol. The van der Waals surface area contributed by atoms with Gasteiger partial charge in [0.2, 0.25) is 0 Å². The van der Waals surface area contributed by atoms with Crippen LogP contribution in [0.4, 0.5) is 11.4 Å². The summed E-state index contributed by atoms with van der Waals surface area (Å²) in [5.41, 5.74) is 2.89. The molecule has 0 aliphatic rings. The number of nitrogens with zero attached hydrogens (tertiary/aromatic N) is 3. The van der Waals surface area contributed by atoms with Crippen molar-refractivity contribution in [3.05, 3.63) is 80.6 Å². The van der Waals surface area contributed by atoms with Crippen LogP contribution in [0, 0.1) is 24.0 Å². The van der Waals surface area contributed by atoms with Gasteiger partial charge in [-0.2, -0.15) is 5.10 Å². The molecule has 9 nitrogen and oxygen atoms in total. The van der Waals surface area contributed by atoms with Crippen LogP contribution in [-0.2, 0) is 9.53 Å². The van der Waals surface area contributed by atoms with E-state index in [1.807, 2.05) is 19.9 Å². The van der Waals surface area contributed by atoms with Crippen molar-refractivity contribution in [3.8, 4) is 5.69 Å². The Morgan fingerprint density at radius 2 is 1.84 bits per heavy atom. The maximum absolute atomic E-state index is 12.4. The lowest BCUT2D eigenvalue weighted by Crippen LogP contribution is -2.30. The van der Waals surface area contributed by atoms with E-state index < -0.39 is 22.9 Å². The highest BCUT2D eigenvalue weighted by Crippen LogP contribution is 2.27. The highest BCUT2D eigenvalue weighted by atomic mass is 35.5. The van der Waals surface area contributed by atoms with Gasteiger partial charge >= 0.3 is 5.97 Å². The number of hydrogen-bond acceptors (Lipinski definition) is 6. The molecule has 10 heteroatoms. The van der Waals surface area contributed by atoms with Gasteiger partial charge < -0.3 is 10.1 Å². The summed E-state index contributed by atoms with van der Waals surface area (Å²) in [5, 5.41) is 17.6. The minimum absolute atomic E-state index is 0.000756. The van der Waals surface area contributed by atoms with Crippen molar-refractivity contribution in [1.82, 2.24) is 9.78 Å². The monoisotopic (exact) mass is 442 g/mol. The molecule has 2 aromatic carbocycles. The van der Waals surface area contributed by atoms with Gasteiger partial charge in [0.05, 0.1) is 32.6 Å². The molecule has 0 radical (unpaired) electrons. The van der Waals surface area contributed by atoms with Gasteiger partial charge in [-0.1, -0.05) is 11.6 Å². The number of halogens is 1. The highest BCUT2D eigenvalue weighted by Gasteiger charge is 2.21. The molecule has 1 heterocycles. The molecule has 0 aliphatic heterocycles. The maximum Gasteiger partial charge on any atom is 0.338 e. The predicted octanol–water partition coefficient (Wildman–Crippen LogP) is 4.23. The van der Waals surface area contributed by atoms with Crippen LogP contribution < -0.4 is 5.32 Å². The Morgan fingerprint density at radius 1 is 1.16 bits per heavy atom. The Hall–Kier alpha value is -3.72. The number of nitrogens with one attached hydrogen (secondary N) is 1. The van der Waals surface area contributed by atoms with Crippen LogP contribution >= 0.6 is 11.6 Å². The summed E-state index contributed by atoms with van der Waals surface area (Å²) in [5.74, 6) is -1.29. The molecule has 0 saturated heterocycles. The Morgan fingerprint density at radius 3 is 2.39 bits per heavy atom. The second-order valence-electron chi connectivity index (χ2n) is 6.84. The number of nitro groups is 1. The molecule has 3 aromatic rings. The van der Waals surface area contributed by atoms with E-state index in [2.05, 4.69) is 10.4 Å². The standard InChI is InChI=1S/C21H19ClN4O5/c1-12-10-13(2)25(24-12)16-6-4-15(5-7-16)21(28)31-14(3)20(27)23-19-9-8-17(26(29)30)11-18(19)22/h4-11,14H,1-3H3,(H,23,27).